The molecule has 2 rings (SSSR count). The van der Waals surface area contributed by atoms with E-state index in [4.69, 9.17) is 5.53 Å². The van der Waals surface area contributed by atoms with Gasteiger partial charge in [0.05, 0.1) is 0 Å². The lowest BCUT2D eigenvalue weighted by Gasteiger charge is -1.90. The molecule has 0 saturated carbocycles. The van der Waals surface area contributed by atoms with Gasteiger partial charge in [-0.25, -0.2) is 0 Å². The van der Waals surface area contributed by atoms with E-state index in [-0.39, 0.29) is 0 Å². The molecule has 0 amide bonds. The predicted molar refractivity (Wildman–Crippen MR) is 50.6 cm³/mol. The first-order valence-electron chi connectivity index (χ1n) is 3.42. The largest absolute Gasteiger partial charge is 0.144 e. The van der Waals surface area contributed by atoms with Crippen LogP contribution in [0.5, 0.6) is 0 Å². The van der Waals surface area contributed by atoms with Crippen LogP contribution in [0, 0.1) is 0 Å². The van der Waals surface area contributed by atoms with Gasteiger partial charge >= 0.3 is 0 Å². The van der Waals surface area contributed by atoms with Crippen LogP contribution >= 0.6 is 11.3 Å². The van der Waals surface area contributed by atoms with Gasteiger partial charge < -0.3 is 0 Å². The first-order chi connectivity index (χ1) is 5.90. The summed E-state index contributed by atoms with van der Waals surface area (Å²) in [6.45, 7) is 0. The van der Waals surface area contributed by atoms with Gasteiger partial charge in [-0.3, -0.25) is 0 Å². The van der Waals surface area contributed by atoms with Crippen LogP contribution < -0.4 is 0 Å². The zero-order chi connectivity index (χ0) is 8.39. The average Bonchev–Trinajstić information content (AvgIpc) is 2.51. The van der Waals surface area contributed by atoms with Crippen molar-refractivity contribution in [2.75, 3.05) is 0 Å². The molecule has 0 aliphatic carbocycles. The van der Waals surface area contributed by atoms with E-state index in [2.05, 4.69) is 10.0 Å². The van der Waals surface area contributed by atoms with Crippen LogP contribution in [-0.2, 0) is 0 Å². The van der Waals surface area contributed by atoms with Crippen molar-refractivity contribution in [1.29, 1.82) is 0 Å². The molecule has 0 spiro atoms. The molecule has 1 heterocycles. The molecule has 0 aliphatic rings. The van der Waals surface area contributed by atoms with Crippen molar-refractivity contribution in [3.63, 3.8) is 0 Å². The minimum Gasteiger partial charge on any atom is -0.144 e. The summed E-state index contributed by atoms with van der Waals surface area (Å²) in [5, 5.41) is 6.67. The summed E-state index contributed by atoms with van der Waals surface area (Å²) in [7, 11) is 0. The molecule has 1 aromatic carbocycles. The molecule has 2 aromatic rings. The molecule has 0 bridgehead atoms. The maximum absolute atomic E-state index is 8.20. The Balaban J connectivity index is 2.67. The van der Waals surface area contributed by atoms with Crippen LogP contribution in [0.2, 0.25) is 0 Å². The molecule has 0 unspecified atom stereocenters. The molecule has 0 aliphatic heterocycles. The van der Waals surface area contributed by atoms with E-state index in [0.717, 1.165) is 5.39 Å². The van der Waals surface area contributed by atoms with Gasteiger partial charge in [-0.05, 0) is 34.5 Å². The molecular weight excluding hydrogens is 170 g/mol. The zero-order valence-electron chi connectivity index (χ0n) is 6.14. The fourth-order valence-corrected chi connectivity index (χ4v) is 1.84. The maximum atomic E-state index is 8.20. The van der Waals surface area contributed by atoms with E-state index in [1.165, 1.54) is 4.70 Å². The minimum atomic E-state index is 0.670. The van der Waals surface area contributed by atoms with E-state index in [9.17, 15) is 0 Å². The summed E-state index contributed by atoms with van der Waals surface area (Å²) in [6, 6.07) is 7.67. The van der Waals surface area contributed by atoms with E-state index in [1.807, 2.05) is 29.6 Å². The monoisotopic (exact) mass is 175 g/mol. The minimum absolute atomic E-state index is 0.670. The van der Waals surface area contributed by atoms with Crippen LogP contribution in [0.25, 0.3) is 20.5 Å². The van der Waals surface area contributed by atoms with E-state index in [0.29, 0.717) is 5.69 Å². The second-order valence-corrected chi connectivity index (χ2v) is 3.28. The van der Waals surface area contributed by atoms with Gasteiger partial charge in [0.25, 0.3) is 0 Å². The van der Waals surface area contributed by atoms with Crippen LogP contribution in [0.4, 0.5) is 5.69 Å². The molecule has 0 fully saturated rings. The van der Waals surface area contributed by atoms with Gasteiger partial charge in [0.2, 0.25) is 0 Å². The van der Waals surface area contributed by atoms with Gasteiger partial charge in [-0.1, -0.05) is 11.2 Å². The Hall–Kier alpha value is -1.51. The molecule has 58 valence electrons. The Morgan fingerprint density at radius 3 is 3.08 bits per heavy atom. The summed E-state index contributed by atoms with van der Waals surface area (Å²) >= 11 is 1.68. The van der Waals surface area contributed by atoms with E-state index < -0.39 is 0 Å². The standard InChI is InChI=1S/C8H5N3S/c9-11-10-7-1-2-8-6(5-7)3-4-12-8/h1-5H. The number of nitrogens with zero attached hydrogens (tertiary/aromatic N) is 3. The van der Waals surface area contributed by atoms with Crippen molar-refractivity contribution in [3.05, 3.63) is 40.1 Å². The Labute approximate surface area is 72.9 Å². The molecule has 0 radical (unpaired) electrons. The van der Waals surface area contributed by atoms with Gasteiger partial charge in [0.15, 0.2) is 0 Å². The summed E-state index contributed by atoms with van der Waals surface area (Å²) < 4.78 is 1.21. The molecule has 0 atom stereocenters. The topological polar surface area (TPSA) is 48.8 Å². The lowest BCUT2D eigenvalue weighted by atomic mass is 10.2. The first kappa shape index (κ1) is 7.16. The molecule has 3 nitrogen and oxygen atoms in total. The van der Waals surface area contributed by atoms with Crippen LogP contribution in [0.15, 0.2) is 34.8 Å². The second-order valence-electron chi connectivity index (χ2n) is 2.33. The third-order valence-electron chi connectivity index (χ3n) is 1.60. The highest BCUT2D eigenvalue weighted by molar-refractivity contribution is 7.17. The highest BCUT2D eigenvalue weighted by atomic mass is 32.1. The smallest absolute Gasteiger partial charge is 0.0382 e. The summed E-state index contributed by atoms with van der Waals surface area (Å²) in [5.41, 5.74) is 8.87. The Morgan fingerprint density at radius 1 is 1.33 bits per heavy atom. The fraction of sp³-hybridized carbons (Fsp3) is 0. The lowest BCUT2D eigenvalue weighted by molar-refractivity contribution is 1.50. The highest BCUT2D eigenvalue weighted by Crippen LogP contribution is 2.25. The lowest BCUT2D eigenvalue weighted by Crippen LogP contribution is -1.61. The van der Waals surface area contributed by atoms with Crippen molar-refractivity contribution in [2.45, 2.75) is 0 Å². The van der Waals surface area contributed by atoms with Crippen molar-refractivity contribution in [2.24, 2.45) is 5.11 Å². The molecular formula is C8H5N3S. The van der Waals surface area contributed by atoms with E-state index in [1.54, 1.807) is 11.3 Å². The Morgan fingerprint density at radius 2 is 2.25 bits per heavy atom. The van der Waals surface area contributed by atoms with Crippen LogP contribution in [0.3, 0.4) is 0 Å². The number of hydrogen-bond donors (Lipinski definition) is 0. The molecule has 4 heteroatoms. The molecule has 1 aromatic heterocycles. The highest BCUT2D eigenvalue weighted by Gasteiger charge is 1.94. The van der Waals surface area contributed by atoms with Crippen LogP contribution in [0.1, 0.15) is 0 Å². The van der Waals surface area contributed by atoms with Crippen molar-refractivity contribution in [1.82, 2.24) is 0 Å². The Kier molecular flexibility index (Phi) is 1.70. The van der Waals surface area contributed by atoms with E-state index >= 15 is 0 Å². The fourth-order valence-electron chi connectivity index (χ4n) is 1.07. The average molecular weight is 175 g/mol. The number of benzene rings is 1. The number of rotatable bonds is 1. The normalized spacial score (nSPS) is 9.67. The van der Waals surface area contributed by atoms with Crippen molar-refractivity contribution >= 4 is 27.1 Å². The van der Waals surface area contributed by atoms with Gasteiger partial charge in [-0.15, -0.1) is 11.3 Å². The summed E-state index contributed by atoms with van der Waals surface area (Å²) in [5.74, 6) is 0. The SMILES string of the molecule is [N-]=[N+]=Nc1ccc2sccc2c1. The third-order valence-corrected chi connectivity index (χ3v) is 2.49. The quantitative estimate of drug-likeness (QED) is 0.359. The number of azide groups is 1. The number of thiophene rings is 1. The summed E-state index contributed by atoms with van der Waals surface area (Å²) in [4.78, 5) is 2.73. The summed E-state index contributed by atoms with van der Waals surface area (Å²) in [6.07, 6.45) is 0. The number of hydrogen-bond acceptors (Lipinski definition) is 2. The van der Waals surface area contributed by atoms with Crippen molar-refractivity contribution < 1.29 is 0 Å². The molecule has 0 N–H and O–H groups in total. The van der Waals surface area contributed by atoms with Crippen LogP contribution in [-0.4, -0.2) is 0 Å². The number of fused-ring (bicyclic) bond motifs is 1. The Bertz CT molecular complexity index is 454. The van der Waals surface area contributed by atoms with Gasteiger partial charge in [-0.2, -0.15) is 0 Å². The maximum Gasteiger partial charge on any atom is 0.0382 e. The molecule has 12 heavy (non-hydrogen) atoms. The molecule has 0 saturated heterocycles. The zero-order valence-corrected chi connectivity index (χ0v) is 6.95. The second kappa shape index (κ2) is 2.85. The third kappa shape index (κ3) is 1.13. The van der Waals surface area contributed by atoms with Gasteiger partial charge in [0, 0.05) is 15.3 Å². The van der Waals surface area contributed by atoms with Crippen molar-refractivity contribution in [3.8, 4) is 0 Å². The first-order valence-corrected chi connectivity index (χ1v) is 4.30. The van der Waals surface area contributed by atoms with Gasteiger partial charge in [0.1, 0.15) is 0 Å². The predicted octanol–water partition coefficient (Wildman–Crippen LogP) is 3.84.